The smallest absolute Gasteiger partial charge is 0.258 e. The average Bonchev–Trinajstić information content (AvgIpc) is 2.28. The number of nitrogens with zero attached hydrogens (tertiary/aromatic N) is 1. The molecule has 0 aliphatic heterocycles. The molecule has 0 aromatic heterocycles. The minimum atomic E-state index is -3.53. The van der Waals surface area contributed by atoms with Crippen LogP contribution in [0.1, 0.15) is 13.3 Å². The Balaban J connectivity index is 3.22. The Morgan fingerprint density at radius 1 is 1.50 bits per heavy atom. The molecule has 0 radical (unpaired) electrons. The molecule has 8 heteroatoms. The minimum absolute atomic E-state index is 0.0470. The Labute approximate surface area is 118 Å². The average molecular weight is 357 g/mol. The molecule has 0 saturated heterocycles. The van der Waals surface area contributed by atoms with E-state index in [-0.39, 0.29) is 20.9 Å². The van der Waals surface area contributed by atoms with Crippen molar-refractivity contribution in [1.29, 1.82) is 0 Å². The molecule has 1 rings (SSSR count). The first-order chi connectivity index (χ1) is 8.30. The number of sulfone groups is 1. The maximum Gasteiger partial charge on any atom is 0.270 e. The van der Waals surface area contributed by atoms with Crippen LogP contribution in [-0.2, 0) is 9.84 Å². The molecule has 0 bridgehead atoms. The molecular formula is C10H11BrClNO4S. The van der Waals surface area contributed by atoms with E-state index in [1.165, 1.54) is 18.2 Å². The van der Waals surface area contributed by atoms with Gasteiger partial charge in [0, 0.05) is 22.5 Å². The summed E-state index contributed by atoms with van der Waals surface area (Å²) in [5.41, 5.74) is -0.161. The van der Waals surface area contributed by atoms with Crippen LogP contribution in [0.15, 0.2) is 27.6 Å². The molecule has 0 fully saturated rings. The predicted octanol–water partition coefficient (Wildman–Crippen LogP) is 3.15. The number of alkyl halides is 1. The molecule has 0 amide bonds. The summed E-state index contributed by atoms with van der Waals surface area (Å²) in [5.74, 6) is 0.241. The van der Waals surface area contributed by atoms with Crippen molar-refractivity contribution in [2.75, 3.05) is 5.88 Å². The highest BCUT2D eigenvalue weighted by Crippen LogP contribution is 2.29. The molecule has 0 spiro atoms. The fourth-order valence-electron chi connectivity index (χ4n) is 1.36. The van der Waals surface area contributed by atoms with Crippen LogP contribution in [0, 0.1) is 10.1 Å². The van der Waals surface area contributed by atoms with Crippen LogP contribution in [0.4, 0.5) is 5.69 Å². The summed E-state index contributed by atoms with van der Waals surface area (Å²) in [6, 6.07) is 3.59. The SMILES string of the molecule is CC(CCCl)S(=O)(=O)c1ccc([N+](=O)[O-])cc1Br. The van der Waals surface area contributed by atoms with Crippen molar-refractivity contribution < 1.29 is 13.3 Å². The van der Waals surface area contributed by atoms with Crippen molar-refractivity contribution in [2.24, 2.45) is 0 Å². The normalized spacial score (nSPS) is 13.3. The Kier molecular flexibility index (Phi) is 5.12. The molecule has 5 nitrogen and oxygen atoms in total. The van der Waals surface area contributed by atoms with Gasteiger partial charge in [0.1, 0.15) is 0 Å². The Bertz CT molecular complexity index is 561. The van der Waals surface area contributed by atoms with Crippen molar-refractivity contribution in [3.63, 3.8) is 0 Å². The summed E-state index contributed by atoms with van der Waals surface area (Å²) >= 11 is 8.59. The van der Waals surface area contributed by atoms with Crippen LogP contribution in [0.3, 0.4) is 0 Å². The topological polar surface area (TPSA) is 77.3 Å². The third kappa shape index (κ3) is 3.21. The first-order valence-electron chi connectivity index (χ1n) is 5.04. The van der Waals surface area contributed by atoms with E-state index in [9.17, 15) is 18.5 Å². The summed E-state index contributed by atoms with van der Waals surface area (Å²) in [4.78, 5) is 10.0. The van der Waals surface area contributed by atoms with E-state index in [4.69, 9.17) is 11.6 Å². The van der Waals surface area contributed by atoms with Crippen molar-refractivity contribution in [3.05, 3.63) is 32.8 Å². The Morgan fingerprint density at radius 3 is 2.56 bits per heavy atom. The van der Waals surface area contributed by atoms with Gasteiger partial charge in [-0.05, 0) is 35.3 Å². The van der Waals surface area contributed by atoms with Crippen LogP contribution < -0.4 is 0 Å². The largest absolute Gasteiger partial charge is 0.270 e. The van der Waals surface area contributed by atoms with Crippen LogP contribution >= 0.6 is 27.5 Å². The molecular weight excluding hydrogens is 346 g/mol. The number of halogens is 2. The van der Waals surface area contributed by atoms with E-state index in [0.29, 0.717) is 6.42 Å². The molecule has 0 saturated carbocycles. The van der Waals surface area contributed by atoms with Gasteiger partial charge in [-0.3, -0.25) is 10.1 Å². The fourth-order valence-corrected chi connectivity index (χ4v) is 4.31. The minimum Gasteiger partial charge on any atom is -0.258 e. The summed E-state index contributed by atoms with van der Waals surface area (Å²) in [6.45, 7) is 1.56. The highest BCUT2D eigenvalue weighted by atomic mass is 79.9. The zero-order valence-electron chi connectivity index (χ0n) is 9.47. The van der Waals surface area contributed by atoms with Gasteiger partial charge in [0.05, 0.1) is 15.1 Å². The second-order valence-corrected chi connectivity index (χ2v) is 7.27. The zero-order chi connectivity index (χ0) is 13.9. The van der Waals surface area contributed by atoms with Crippen LogP contribution in [0.2, 0.25) is 0 Å². The van der Waals surface area contributed by atoms with E-state index < -0.39 is 20.0 Å². The third-order valence-corrected chi connectivity index (χ3v) is 5.88. The van der Waals surface area contributed by atoms with Gasteiger partial charge in [-0.25, -0.2) is 8.42 Å². The summed E-state index contributed by atoms with van der Waals surface area (Å²) in [5, 5.41) is 9.94. The van der Waals surface area contributed by atoms with E-state index in [0.717, 1.165) is 0 Å². The van der Waals surface area contributed by atoms with Gasteiger partial charge in [0.15, 0.2) is 9.84 Å². The number of rotatable bonds is 5. The van der Waals surface area contributed by atoms with Crippen molar-refractivity contribution >= 4 is 43.1 Å². The van der Waals surface area contributed by atoms with Gasteiger partial charge in [-0.15, -0.1) is 11.6 Å². The van der Waals surface area contributed by atoms with Crippen molar-refractivity contribution in [3.8, 4) is 0 Å². The number of non-ortho nitro benzene ring substituents is 1. The first kappa shape index (κ1) is 15.4. The Morgan fingerprint density at radius 2 is 2.11 bits per heavy atom. The van der Waals surface area contributed by atoms with E-state index in [1.807, 2.05) is 0 Å². The lowest BCUT2D eigenvalue weighted by Crippen LogP contribution is -2.19. The molecule has 1 unspecified atom stereocenters. The van der Waals surface area contributed by atoms with Crippen molar-refractivity contribution in [1.82, 2.24) is 0 Å². The Hall–Kier alpha value is -0.660. The molecule has 1 atom stereocenters. The summed E-state index contributed by atoms with van der Waals surface area (Å²) in [6.07, 6.45) is 0.327. The first-order valence-corrected chi connectivity index (χ1v) is 7.92. The lowest BCUT2D eigenvalue weighted by atomic mass is 10.3. The number of nitro benzene ring substituents is 1. The van der Waals surface area contributed by atoms with E-state index >= 15 is 0 Å². The van der Waals surface area contributed by atoms with E-state index in [2.05, 4.69) is 15.9 Å². The predicted molar refractivity (Wildman–Crippen MR) is 72.8 cm³/mol. The van der Waals surface area contributed by atoms with Gasteiger partial charge in [0.2, 0.25) is 0 Å². The zero-order valence-corrected chi connectivity index (χ0v) is 12.6. The number of hydrogen-bond donors (Lipinski definition) is 0. The number of nitro groups is 1. The number of hydrogen-bond acceptors (Lipinski definition) is 4. The third-order valence-electron chi connectivity index (χ3n) is 2.48. The molecule has 0 N–H and O–H groups in total. The molecule has 100 valence electrons. The summed E-state index contributed by atoms with van der Waals surface area (Å²) < 4.78 is 24.5. The van der Waals surface area contributed by atoms with Crippen LogP contribution in [-0.4, -0.2) is 24.5 Å². The number of benzene rings is 1. The second kappa shape index (κ2) is 5.99. The highest BCUT2D eigenvalue weighted by Gasteiger charge is 2.26. The standard InChI is InChI=1S/C10H11BrClNO4S/c1-7(4-5-12)18(16,17)10-3-2-8(13(14)15)6-9(10)11/h2-3,6-7H,4-5H2,1H3. The lowest BCUT2D eigenvalue weighted by Gasteiger charge is -2.12. The molecule has 0 heterocycles. The van der Waals surface area contributed by atoms with E-state index in [1.54, 1.807) is 6.92 Å². The van der Waals surface area contributed by atoms with Crippen LogP contribution in [0.25, 0.3) is 0 Å². The second-order valence-electron chi connectivity index (χ2n) is 3.71. The summed E-state index contributed by atoms with van der Waals surface area (Å²) in [7, 11) is -3.53. The molecule has 1 aromatic rings. The van der Waals surface area contributed by atoms with Gasteiger partial charge < -0.3 is 0 Å². The molecule has 1 aromatic carbocycles. The lowest BCUT2D eigenvalue weighted by molar-refractivity contribution is -0.385. The maximum absolute atomic E-state index is 12.2. The molecule has 18 heavy (non-hydrogen) atoms. The van der Waals surface area contributed by atoms with Crippen LogP contribution in [0.5, 0.6) is 0 Å². The van der Waals surface area contributed by atoms with Gasteiger partial charge in [-0.2, -0.15) is 0 Å². The van der Waals surface area contributed by atoms with Gasteiger partial charge in [-0.1, -0.05) is 0 Å². The maximum atomic E-state index is 12.2. The quantitative estimate of drug-likeness (QED) is 0.461. The van der Waals surface area contributed by atoms with Gasteiger partial charge in [0.25, 0.3) is 5.69 Å². The molecule has 0 aliphatic rings. The van der Waals surface area contributed by atoms with Crippen molar-refractivity contribution in [2.45, 2.75) is 23.5 Å². The fraction of sp³-hybridized carbons (Fsp3) is 0.400. The monoisotopic (exact) mass is 355 g/mol. The highest BCUT2D eigenvalue weighted by molar-refractivity contribution is 9.10. The van der Waals surface area contributed by atoms with Gasteiger partial charge >= 0.3 is 0 Å². The molecule has 0 aliphatic carbocycles.